The molecule has 0 saturated carbocycles. The van der Waals surface area contributed by atoms with E-state index in [0.29, 0.717) is 5.57 Å². The van der Waals surface area contributed by atoms with Crippen molar-refractivity contribution >= 4 is 23.7 Å². The van der Waals surface area contributed by atoms with Gasteiger partial charge in [-0.25, -0.2) is 4.79 Å². The lowest BCUT2D eigenvalue weighted by molar-refractivity contribution is -0.163. The minimum absolute atomic E-state index is 0.178. The van der Waals surface area contributed by atoms with E-state index in [4.69, 9.17) is 9.47 Å². The summed E-state index contributed by atoms with van der Waals surface area (Å²) >= 11 is 0. The molecule has 3 aliphatic rings. The molecule has 0 amide bonds. The second-order valence-electron chi connectivity index (χ2n) is 6.62. The number of hydrogen-bond acceptors (Lipinski definition) is 6. The normalized spacial score (nSPS) is 17.6. The molecule has 3 aliphatic heterocycles. The second-order valence-corrected chi connectivity index (χ2v) is 6.62. The molecular formula is C19H21NO5. The van der Waals surface area contributed by atoms with Crippen LogP contribution in [0.25, 0.3) is 6.08 Å². The van der Waals surface area contributed by atoms with Gasteiger partial charge in [0.2, 0.25) is 6.79 Å². The van der Waals surface area contributed by atoms with Crippen molar-refractivity contribution in [2.45, 2.75) is 32.6 Å². The molecule has 0 radical (unpaired) electrons. The number of fused-ring (bicyclic) bond motifs is 2. The van der Waals surface area contributed by atoms with Crippen molar-refractivity contribution in [3.05, 3.63) is 28.3 Å². The van der Waals surface area contributed by atoms with Gasteiger partial charge in [-0.2, -0.15) is 0 Å². The predicted molar refractivity (Wildman–Crippen MR) is 91.5 cm³/mol. The van der Waals surface area contributed by atoms with Crippen LogP contribution < -0.4 is 9.64 Å². The fraction of sp³-hybridized carbons (Fsp3) is 0.474. The molecule has 0 N–H and O–H groups in total. The number of ether oxygens (including phenoxy) is 3. The lowest BCUT2D eigenvalue weighted by atomic mass is 9.88. The minimum atomic E-state index is -0.514. The van der Waals surface area contributed by atoms with Crippen molar-refractivity contribution in [3.8, 4) is 5.75 Å². The van der Waals surface area contributed by atoms with Crippen LogP contribution in [0.4, 0.5) is 5.69 Å². The Labute approximate surface area is 146 Å². The molecule has 132 valence electrons. The van der Waals surface area contributed by atoms with Crippen molar-refractivity contribution in [1.29, 1.82) is 0 Å². The van der Waals surface area contributed by atoms with Crippen molar-refractivity contribution < 1.29 is 23.8 Å². The first-order chi connectivity index (χ1) is 12.1. The third kappa shape index (κ3) is 2.97. The first-order valence-electron chi connectivity index (χ1n) is 8.71. The number of hydrogen-bond donors (Lipinski definition) is 0. The van der Waals surface area contributed by atoms with Crippen LogP contribution in [0.3, 0.4) is 0 Å². The highest BCUT2D eigenvalue weighted by Gasteiger charge is 2.30. The summed E-state index contributed by atoms with van der Waals surface area (Å²) in [6.45, 7) is 3.30. The molecule has 1 aromatic carbocycles. The SMILES string of the molecule is CC(=O)OCOC(=O)C1=Cc2cc3c4c(c2OC1)CCCN4CCC3. The van der Waals surface area contributed by atoms with Gasteiger partial charge in [0, 0.05) is 36.8 Å². The number of nitrogens with zero attached hydrogens (tertiary/aromatic N) is 1. The molecule has 6 heteroatoms. The standard InChI is InChI=1S/C19H21NO5/c1-12(21)24-11-25-19(22)15-9-14-8-13-4-2-6-20-7-3-5-16(17(13)20)18(14)23-10-15/h8-9H,2-7,10-11H2,1H3. The Morgan fingerprint density at radius 2 is 2.00 bits per heavy atom. The molecule has 0 bridgehead atoms. The van der Waals surface area contributed by atoms with Gasteiger partial charge in [-0.15, -0.1) is 0 Å². The van der Waals surface area contributed by atoms with E-state index in [2.05, 4.69) is 15.7 Å². The molecule has 25 heavy (non-hydrogen) atoms. The fourth-order valence-corrected chi connectivity index (χ4v) is 3.89. The van der Waals surface area contributed by atoms with Gasteiger partial charge in [0.05, 0.1) is 5.57 Å². The Morgan fingerprint density at radius 3 is 2.80 bits per heavy atom. The number of esters is 2. The monoisotopic (exact) mass is 343 g/mol. The maximum absolute atomic E-state index is 12.1. The average molecular weight is 343 g/mol. The zero-order valence-electron chi connectivity index (χ0n) is 14.3. The Morgan fingerprint density at radius 1 is 1.20 bits per heavy atom. The second kappa shape index (κ2) is 6.43. The fourth-order valence-electron chi connectivity index (χ4n) is 3.89. The van der Waals surface area contributed by atoms with E-state index in [1.165, 1.54) is 23.7 Å². The smallest absolute Gasteiger partial charge is 0.340 e. The highest BCUT2D eigenvalue weighted by Crippen LogP contribution is 2.44. The van der Waals surface area contributed by atoms with E-state index in [1.54, 1.807) is 0 Å². The third-order valence-electron chi connectivity index (χ3n) is 4.92. The number of aryl methyl sites for hydroxylation is 1. The number of carbonyl (C=O) groups is 2. The molecule has 0 saturated heterocycles. The molecule has 6 nitrogen and oxygen atoms in total. The minimum Gasteiger partial charge on any atom is -0.488 e. The zero-order chi connectivity index (χ0) is 17.4. The first-order valence-corrected chi connectivity index (χ1v) is 8.71. The van der Waals surface area contributed by atoms with Gasteiger partial charge in [0.15, 0.2) is 0 Å². The molecule has 0 aliphatic carbocycles. The van der Waals surface area contributed by atoms with Gasteiger partial charge in [-0.05, 0) is 43.4 Å². The molecule has 0 aromatic heterocycles. The van der Waals surface area contributed by atoms with Gasteiger partial charge < -0.3 is 19.1 Å². The largest absolute Gasteiger partial charge is 0.488 e. The van der Waals surface area contributed by atoms with E-state index in [0.717, 1.165) is 50.1 Å². The van der Waals surface area contributed by atoms with E-state index in [-0.39, 0.29) is 13.4 Å². The maximum atomic E-state index is 12.1. The van der Waals surface area contributed by atoms with Gasteiger partial charge >= 0.3 is 11.9 Å². The van der Waals surface area contributed by atoms with Crippen LogP contribution in [0, 0.1) is 0 Å². The molecule has 0 spiro atoms. The molecular weight excluding hydrogens is 322 g/mol. The van der Waals surface area contributed by atoms with Crippen LogP contribution >= 0.6 is 0 Å². The Bertz CT molecular complexity index is 766. The van der Waals surface area contributed by atoms with Crippen molar-refractivity contribution in [2.24, 2.45) is 0 Å². The predicted octanol–water partition coefficient (Wildman–Crippen LogP) is 2.23. The van der Waals surface area contributed by atoms with E-state index < -0.39 is 11.9 Å². The lowest BCUT2D eigenvalue weighted by Crippen LogP contribution is -2.35. The number of benzene rings is 1. The lowest BCUT2D eigenvalue weighted by Gasteiger charge is -2.38. The molecule has 1 aromatic rings. The zero-order valence-corrected chi connectivity index (χ0v) is 14.3. The quantitative estimate of drug-likeness (QED) is 0.619. The molecule has 0 fully saturated rings. The van der Waals surface area contributed by atoms with Gasteiger partial charge in [0.25, 0.3) is 0 Å². The van der Waals surface area contributed by atoms with Gasteiger partial charge in [-0.3, -0.25) is 4.79 Å². The summed E-state index contributed by atoms with van der Waals surface area (Å²) in [5.74, 6) is -0.0934. The van der Waals surface area contributed by atoms with Crippen LogP contribution in [0.1, 0.15) is 36.5 Å². The van der Waals surface area contributed by atoms with Crippen LogP contribution in [0.5, 0.6) is 5.75 Å². The van der Waals surface area contributed by atoms with Crippen LogP contribution in [0.2, 0.25) is 0 Å². The summed E-state index contributed by atoms with van der Waals surface area (Å²) in [7, 11) is 0. The number of anilines is 1. The maximum Gasteiger partial charge on any atom is 0.340 e. The van der Waals surface area contributed by atoms with E-state index in [9.17, 15) is 9.59 Å². The third-order valence-corrected chi connectivity index (χ3v) is 4.92. The highest BCUT2D eigenvalue weighted by molar-refractivity contribution is 5.96. The van der Waals surface area contributed by atoms with Gasteiger partial charge in [-0.1, -0.05) is 0 Å². The van der Waals surface area contributed by atoms with Crippen molar-refractivity contribution in [1.82, 2.24) is 0 Å². The van der Waals surface area contributed by atoms with Crippen LogP contribution in [-0.4, -0.2) is 38.4 Å². The Hall–Kier alpha value is -2.50. The average Bonchev–Trinajstić information content (AvgIpc) is 2.61. The van der Waals surface area contributed by atoms with Crippen molar-refractivity contribution in [2.75, 3.05) is 31.4 Å². The summed E-state index contributed by atoms with van der Waals surface area (Å²) < 4.78 is 15.6. The van der Waals surface area contributed by atoms with Gasteiger partial charge in [0.1, 0.15) is 12.4 Å². The summed E-state index contributed by atoms with van der Waals surface area (Å²) in [5.41, 5.74) is 5.36. The van der Waals surface area contributed by atoms with E-state index >= 15 is 0 Å². The number of rotatable bonds is 3. The molecule has 3 heterocycles. The molecule has 0 atom stereocenters. The topological polar surface area (TPSA) is 65.1 Å². The highest BCUT2D eigenvalue weighted by atomic mass is 16.7. The molecule has 0 unspecified atom stereocenters. The summed E-state index contributed by atoms with van der Waals surface area (Å²) in [6.07, 6.45) is 6.22. The van der Waals surface area contributed by atoms with E-state index in [1.807, 2.05) is 6.08 Å². The summed E-state index contributed by atoms with van der Waals surface area (Å²) in [5, 5.41) is 0. The summed E-state index contributed by atoms with van der Waals surface area (Å²) in [4.78, 5) is 25.3. The Kier molecular flexibility index (Phi) is 4.11. The molecule has 4 rings (SSSR count). The van der Waals surface area contributed by atoms with Crippen LogP contribution in [0.15, 0.2) is 11.6 Å². The summed E-state index contributed by atoms with van der Waals surface area (Å²) in [6, 6.07) is 2.14. The Balaban J connectivity index is 1.62. The first kappa shape index (κ1) is 16.0. The van der Waals surface area contributed by atoms with Crippen molar-refractivity contribution in [3.63, 3.8) is 0 Å². The van der Waals surface area contributed by atoms with Crippen LogP contribution in [-0.2, 0) is 31.9 Å². The number of carbonyl (C=O) groups excluding carboxylic acids is 2.